The Morgan fingerprint density at radius 3 is 2.08 bits per heavy atom. The highest BCUT2D eigenvalue weighted by Crippen LogP contribution is 2.59. The lowest BCUT2D eigenvalue weighted by atomic mass is 9.74. The van der Waals surface area contributed by atoms with Gasteiger partial charge in [0.05, 0.1) is 19.9 Å². The van der Waals surface area contributed by atoms with E-state index < -0.39 is 5.54 Å². The first kappa shape index (κ1) is 25.8. The molecule has 1 amide bonds. The van der Waals surface area contributed by atoms with Crippen molar-refractivity contribution >= 4 is 17.3 Å². The van der Waals surface area contributed by atoms with Crippen LogP contribution < -0.4 is 24.0 Å². The molecule has 1 atom stereocenters. The van der Waals surface area contributed by atoms with Gasteiger partial charge in [-0.15, -0.1) is 0 Å². The summed E-state index contributed by atoms with van der Waals surface area (Å²) in [5.74, 6) is 2.70. The van der Waals surface area contributed by atoms with Gasteiger partial charge >= 0.3 is 0 Å². The maximum atomic E-state index is 14.5. The van der Waals surface area contributed by atoms with E-state index in [1.54, 1.807) is 14.2 Å². The van der Waals surface area contributed by atoms with Crippen LogP contribution in [0.2, 0.25) is 0 Å². The fourth-order valence-corrected chi connectivity index (χ4v) is 6.38. The van der Waals surface area contributed by atoms with Gasteiger partial charge in [0, 0.05) is 64.8 Å². The molecule has 2 aliphatic rings. The number of ether oxygens (including phenoxy) is 3. The Morgan fingerprint density at radius 2 is 1.43 bits per heavy atom. The number of nitrogens with zero attached hydrogens (tertiary/aromatic N) is 2. The molecule has 0 fully saturated rings. The molecule has 1 unspecified atom stereocenters. The molecule has 0 aromatic heterocycles. The highest BCUT2D eigenvalue weighted by atomic mass is 16.5. The number of rotatable bonds is 6. The number of carbonyl (C=O) groups excluding carboxylic acids is 1. The summed E-state index contributed by atoms with van der Waals surface area (Å²) in [7, 11) is 3.27. The number of methoxy groups -OCH3 is 2. The quantitative estimate of drug-likeness (QED) is 0.261. The SMILES string of the molecule is CCN(CC)c1ccc2c(c1)Oc1cc(C)ccc1C21c2ccccc2C(=O)N1c1cc(OC)c(C)c(OC)c1. The molecule has 4 aromatic carbocycles. The van der Waals surface area contributed by atoms with Crippen molar-refractivity contribution in [1.29, 1.82) is 0 Å². The molecule has 0 aliphatic carbocycles. The zero-order chi connectivity index (χ0) is 28.2. The maximum absolute atomic E-state index is 14.5. The highest BCUT2D eigenvalue weighted by molar-refractivity contribution is 6.14. The van der Waals surface area contributed by atoms with E-state index in [9.17, 15) is 4.79 Å². The zero-order valence-corrected chi connectivity index (χ0v) is 23.9. The molecule has 4 aromatic rings. The smallest absolute Gasteiger partial charge is 0.260 e. The van der Waals surface area contributed by atoms with Crippen LogP contribution in [0.4, 0.5) is 11.4 Å². The third-order valence-corrected chi connectivity index (χ3v) is 8.31. The van der Waals surface area contributed by atoms with Gasteiger partial charge in [0.15, 0.2) is 0 Å². The third kappa shape index (κ3) is 3.52. The van der Waals surface area contributed by atoms with Crippen LogP contribution in [0.1, 0.15) is 52.0 Å². The lowest BCUT2D eigenvalue weighted by Crippen LogP contribution is -2.47. The molecule has 0 radical (unpaired) electrons. The molecule has 0 saturated carbocycles. The zero-order valence-electron chi connectivity index (χ0n) is 23.9. The van der Waals surface area contributed by atoms with E-state index in [1.807, 2.05) is 42.2 Å². The first-order valence-corrected chi connectivity index (χ1v) is 13.7. The van der Waals surface area contributed by atoms with E-state index in [0.717, 1.165) is 58.1 Å². The molecule has 1 spiro atoms. The highest BCUT2D eigenvalue weighted by Gasteiger charge is 2.57. The Kier molecular flexibility index (Phi) is 6.21. The monoisotopic (exact) mass is 534 g/mol. The first-order chi connectivity index (χ1) is 19.4. The molecule has 6 heteroatoms. The molecule has 2 aliphatic heterocycles. The minimum Gasteiger partial charge on any atom is -0.496 e. The van der Waals surface area contributed by atoms with Crippen molar-refractivity contribution < 1.29 is 19.0 Å². The summed E-state index contributed by atoms with van der Waals surface area (Å²) in [5.41, 5.74) is 6.17. The second-order valence-corrected chi connectivity index (χ2v) is 10.3. The van der Waals surface area contributed by atoms with Gasteiger partial charge in [-0.3, -0.25) is 9.69 Å². The summed E-state index contributed by atoms with van der Waals surface area (Å²) in [6.07, 6.45) is 0. The number of hydrogen-bond donors (Lipinski definition) is 0. The molecule has 204 valence electrons. The first-order valence-electron chi connectivity index (χ1n) is 13.7. The Morgan fingerprint density at radius 1 is 0.800 bits per heavy atom. The summed E-state index contributed by atoms with van der Waals surface area (Å²) in [4.78, 5) is 18.7. The average Bonchev–Trinajstić information content (AvgIpc) is 3.22. The summed E-state index contributed by atoms with van der Waals surface area (Å²) in [6, 6.07) is 24.3. The number of aryl methyl sites for hydroxylation is 1. The van der Waals surface area contributed by atoms with Gasteiger partial charge in [-0.05, 0) is 51.5 Å². The van der Waals surface area contributed by atoms with Gasteiger partial charge in [0.1, 0.15) is 28.5 Å². The third-order valence-electron chi connectivity index (χ3n) is 8.31. The number of hydrogen-bond acceptors (Lipinski definition) is 5. The van der Waals surface area contributed by atoms with E-state index in [4.69, 9.17) is 14.2 Å². The van der Waals surface area contributed by atoms with Gasteiger partial charge < -0.3 is 19.1 Å². The van der Waals surface area contributed by atoms with Crippen molar-refractivity contribution in [2.24, 2.45) is 0 Å². The van der Waals surface area contributed by atoms with Gasteiger partial charge in [-0.25, -0.2) is 0 Å². The second kappa shape index (κ2) is 9.63. The average molecular weight is 535 g/mol. The van der Waals surface area contributed by atoms with Crippen LogP contribution in [0.15, 0.2) is 72.8 Å². The van der Waals surface area contributed by atoms with Crippen LogP contribution in [0.5, 0.6) is 23.0 Å². The number of amides is 1. The molecule has 0 N–H and O–H groups in total. The van der Waals surface area contributed by atoms with Crippen LogP contribution in [0.3, 0.4) is 0 Å². The molecule has 0 bridgehead atoms. The number of fused-ring (bicyclic) bond motifs is 6. The standard InChI is InChI=1S/C34H34N2O4/c1-7-35(8-2)23-14-16-28-32(18-23)40-31-17-21(3)13-15-27(31)34(28)26-12-10-9-11-25(26)33(37)36(34)24-19-29(38-5)22(4)30(20-24)39-6/h9-20H,7-8H2,1-6H3. The second-order valence-electron chi connectivity index (χ2n) is 10.3. The van der Waals surface area contributed by atoms with Crippen molar-refractivity contribution in [3.05, 3.63) is 106 Å². The number of benzene rings is 4. The van der Waals surface area contributed by atoms with Crippen LogP contribution in [0, 0.1) is 13.8 Å². The summed E-state index contributed by atoms with van der Waals surface area (Å²) in [6.45, 7) is 10.1. The van der Waals surface area contributed by atoms with Crippen molar-refractivity contribution in [3.63, 3.8) is 0 Å². The van der Waals surface area contributed by atoms with Crippen LogP contribution >= 0.6 is 0 Å². The van der Waals surface area contributed by atoms with E-state index in [-0.39, 0.29) is 5.91 Å². The molecular formula is C34H34N2O4. The Labute approximate surface area is 235 Å². The Balaban J connectivity index is 1.73. The maximum Gasteiger partial charge on any atom is 0.260 e. The van der Waals surface area contributed by atoms with Crippen LogP contribution in [0.25, 0.3) is 0 Å². The minimum atomic E-state index is -0.961. The topological polar surface area (TPSA) is 51.2 Å². The summed E-state index contributed by atoms with van der Waals surface area (Å²) < 4.78 is 18.2. The summed E-state index contributed by atoms with van der Waals surface area (Å²) >= 11 is 0. The minimum absolute atomic E-state index is 0.0873. The molecule has 6 nitrogen and oxygen atoms in total. The van der Waals surface area contributed by atoms with Gasteiger partial charge in [-0.1, -0.05) is 36.4 Å². The molecule has 6 rings (SSSR count). The molecule has 0 saturated heterocycles. The van der Waals surface area contributed by atoms with Crippen molar-refractivity contribution in [2.45, 2.75) is 33.2 Å². The van der Waals surface area contributed by atoms with Gasteiger partial charge in [-0.2, -0.15) is 0 Å². The molecule has 2 heterocycles. The van der Waals surface area contributed by atoms with Gasteiger partial charge in [0.25, 0.3) is 5.91 Å². The van der Waals surface area contributed by atoms with Crippen molar-refractivity contribution in [2.75, 3.05) is 37.1 Å². The molecular weight excluding hydrogens is 500 g/mol. The van der Waals surface area contributed by atoms with Crippen LogP contribution in [-0.2, 0) is 5.54 Å². The van der Waals surface area contributed by atoms with E-state index in [0.29, 0.717) is 22.7 Å². The summed E-state index contributed by atoms with van der Waals surface area (Å²) in [5, 5.41) is 0. The largest absolute Gasteiger partial charge is 0.496 e. The van der Waals surface area contributed by atoms with E-state index in [1.165, 1.54) is 0 Å². The van der Waals surface area contributed by atoms with Crippen molar-refractivity contribution in [1.82, 2.24) is 0 Å². The van der Waals surface area contributed by atoms with Gasteiger partial charge in [0.2, 0.25) is 0 Å². The van der Waals surface area contributed by atoms with Crippen molar-refractivity contribution in [3.8, 4) is 23.0 Å². The predicted molar refractivity (Wildman–Crippen MR) is 159 cm³/mol. The normalized spacial score (nSPS) is 16.8. The lowest BCUT2D eigenvalue weighted by molar-refractivity contribution is 0.0985. The number of carbonyl (C=O) groups is 1. The fourth-order valence-electron chi connectivity index (χ4n) is 6.38. The molecule has 40 heavy (non-hydrogen) atoms. The van der Waals surface area contributed by atoms with Crippen LogP contribution in [-0.4, -0.2) is 33.2 Å². The lowest BCUT2D eigenvalue weighted by Gasteiger charge is -2.44. The predicted octanol–water partition coefficient (Wildman–Crippen LogP) is 7.22. The fraction of sp³-hybridized carbons (Fsp3) is 0.265. The van der Waals surface area contributed by atoms with E-state index in [2.05, 4.69) is 68.1 Å². The Bertz CT molecular complexity index is 1620. The van der Waals surface area contributed by atoms with E-state index >= 15 is 0 Å². The Hall–Kier alpha value is -4.45. The number of anilines is 2.